The van der Waals surface area contributed by atoms with E-state index >= 15 is 0 Å². The average Bonchev–Trinajstić information content (AvgIpc) is 2.77. The molecule has 100 valence electrons. The van der Waals surface area contributed by atoms with E-state index in [1.54, 1.807) is 6.07 Å². The number of nitrogens with two attached hydrogens (primary N) is 1. The zero-order valence-electron chi connectivity index (χ0n) is 10.0. The zero-order chi connectivity index (χ0) is 13.8. The van der Waals surface area contributed by atoms with E-state index in [0.29, 0.717) is 20.2 Å². The lowest BCUT2D eigenvalue weighted by Gasteiger charge is -2.05. The van der Waals surface area contributed by atoms with Gasteiger partial charge in [0.2, 0.25) is 11.0 Å². The van der Waals surface area contributed by atoms with Crippen LogP contribution in [0.5, 0.6) is 0 Å². The number of carbonyl (C=O) groups is 1. The van der Waals surface area contributed by atoms with Crippen molar-refractivity contribution in [2.45, 2.75) is 11.3 Å². The van der Waals surface area contributed by atoms with Crippen molar-refractivity contribution in [3.63, 3.8) is 0 Å². The summed E-state index contributed by atoms with van der Waals surface area (Å²) in [5, 5.41) is 11.3. The van der Waals surface area contributed by atoms with Crippen LogP contribution in [-0.2, 0) is 4.79 Å². The van der Waals surface area contributed by atoms with E-state index in [2.05, 4.69) is 15.5 Å². The summed E-state index contributed by atoms with van der Waals surface area (Å²) in [5.74, 6) is 0.124. The van der Waals surface area contributed by atoms with Crippen molar-refractivity contribution in [1.29, 1.82) is 0 Å². The number of amides is 1. The first-order valence-electron chi connectivity index (χ1n) is 5.32. The van der Waals surface area contributed by atoms with E-state index in [-0.39, 0.29) is 11.7 Å². The molecule has 0 fully saturated rings. The molecule has 0 aliphatic heterocycles. The quantitative estimate of drug-likeness (QED) is 0.848. The van der Waals surface area contributed by atoms with Gasteiger partial charge in [-0.2, -0.15) is 0 Å². The van der Waals surface area contributed by atoms with Gasteiger partial charge >= 0.3 is 0 Å². The maximum atomic E-state index is 11.7. The van der Waals surface area contributed by atoms with Crippen LogP contribution in [0.2, 0.25) is 5.02 Å². The van der Waals surface area contributed by atoms with Crippen molar-refractivity contribution in [3.05, 3.63) is 28.8 Å². The Morgan fingerprint density at radius 2 is 2.32 bits per heavy atom. The number of nitrogens with zero attached hydrogens (tertiary/aromatic N) is 2. The fraction of sp³-hybridized carbons (Fsp3) is 0.182. The lowest BCUT2D eigenvalue weighted by molar-refractivity contribution is -0.113. The molecule has 2 rings (SSSR count). The second-order valence-corrected chi connectivity index (χ2v) is 6.35. The largest absolute Gasteiger partial charge is 0.374 e. The Labute approximate surface area is 123 Å². The van der Waals surface area contributed by atoms with Crippen LogP contribution in [0.3, 0.4) is 0 Å². The highest BCUT2D eigenvalue weighted by Crippen LogP contribution is 2.24. The molecule has 0 radical (unpaired) electrons. The smallest absolute Gasteiger partial charge is 0.234 e. The van der Waals surface area contributed by atoms with E-state index in [4.69, 9.17) is 17.3 Å². The predicted octanol–water partition coefficient (Wildman–Crippen LogP) is 2.81. The van der Waals surface area contributed by atoms with E-state index in [1.807, 2.05) is 19.1 Å². The number of aromatic nitrogens is 2. The average molecular weight is 315 g/mol. The number of thioether (sulfide) groups is 1. The monoisotopic (exact) mass is 314 g/mol. The molecule has 1 aromatic carbocycles. The Balaban J connectivity index is 1.88. The Bertz CT molecular complexity index is 602. The lowest BCUT2D eigenvalue weighted by atomic mass is 10.2. The summed E-state index contributed by atoms with van der Waals surface area (Å²) in [5.41, 5.74) is 7.11. The molecule has 0 bridgehead atoms. The maximum Gasteiger partial charge on any atom is 0.234 e. The molecular formula is C11H11ClN4OS2. The third-order valence-corrected chi connectivity index (χ3v) is 4.50. The van der Waals surface area contributed by atoms with Gasteiger partial charge in [0.15, 0.2) is 4.34 Å². The molecule has 0 saturated heterocycles. The van der Waals surface area contributed by atoms with Gasteiger partial charge in [0.1, 0.15) is 0 Å². The molecule has 5 nitrogen and oxygen atoms in total. The molecule has 8 heteroatoms. The molecule has 0 aliphatic carbocycles. The van der Waals surface area contributed by atoms with Crippen molar-refractivity contribution < 1.29 is 4.79 Å². The number of halogens is 1. The van der Waals surface area contributed by atoms with Crippen LogP contribution in [-0.4, -0.2) is 21.9 Å². The van der Waals surface area contributed by atoms with E-state index < -0.39 is 0 Å². The molecule has 1 heterocycles. The molecule has 3 N–H and O–H groups in total. The van der Waals surface area contributed by atoms with Gasteiger partial charge in [-0.1, -0.05) is 40.8 Å². The minimum Gasteiger partial charge on any atom is -0.374 e. The third-order valence-electron chi connectivity index (χ3n) is 2.20. The number of hydrogen-bond donors (Lipinski definition) is 2. The van der Waals surface area contributed by atoms with Crippen LogP contribution in [0.15, 0.2) is 22.5 Å². The van der Waals surface area contributed by atoms with Gasteiger partial charge in [0.05, 0.1) is 5.75 Å². The molecule has 0 unspecified atom stereocenters. The molecule has 2 aromatic rings. The van der Waals surface area contributed by atoms with Gasteiger partial charge in [-0.3, -0.25) is 4.79 Å². The summed E-state index contributed by atoms with van der Waals surface area (Å²) in [6.07, 6.45) is 0. The number of anilines is 2. The normalized spacial score (nSPS) is 10.4. The molecule has 0 saturated carbocycles. The summed E-state index contributed by atoms with van der Waals surface area (Å²) < 4.78 is 0.676. The zero-order valence-corrected chi connectivity index (χ0v) is 12.4. The fourth-order valence-electron chi connectivity index (χ4n) is 1.27. The van der Waals surface area contributed by atoms with Crippen molar-refractivity contribution in [3.8, 4) is 0 Å². The Morgan fingerprint density at radius 3 is 2.95 bits per heavy atom. The van der Waals surface area contributed by atoms with Gasteiger partial charge < -0.3 is 11.1 Å². The van der Waals surface area contributed by atoms with Crippen molar-refractivity contribution in [1.82, 2.24) is 10.2 Å². The van der Waals surface area contributed by atoms with Gasteiger partial charge in [-0.25, -0.2) is 0 Å². The molecule has 0 aliphatic rings. The van der Waals surface area contributed by atoms with Crippen molar-refractivity contribution in [2.75, 3.05) is 16.8 Å². The first-order valence-corrected chi connectivity index (χ1v) is 7.50. The fourth-order valence-corrected chi connectivity index (χ4v) is 2.89. The highest BCUT2D eigenvalue weighted by molar-refractivity contribution is 8.01. The number of hydrogen-bond acceptors (Lipinski definition) is 6. The third kappa shape index (κ3) is 4.09. The van der Waals surface area contributed by atoms with Gasteiger partial charge in [-0.15, -0.1) is 10.2 Å². The van der Waals surface area contributed by atoms with Crippen molar-refractivity contribution >= 4 is 51.4 Å². The highest BCUT2D eigenvalue weighted by atomic mass is 35.5. The SMILES string of the molecule is Cc1ccc(NC(=O)CSc2nnc(N)s2)cc1Cl. The summed E-state index contributed by atoms with van der Waals surface area (Å²) in [7, 11) is 0. The van der Waals surface area contributed by atoms with E-state index in [1.165, 1.54) is 23.1 Å². The Kier molecular flexibility index (Phi) is 4.62. The number of aryl methyl sites for hydroxylation is 1. The molecule has 1 aromatic heterocycles. The molecule has 0 spiro atoms. The van der Waals surface area contributed by atoms with E-state index in [9.17, 15) is 4.79 Å². The minimum absolute atomic E-state index is 0.126. The van der Waals surface area contributed by atoms with Crippen LogP contribution in [0, 0.1) is 6.92 Å². The van der Waals surface area contributed by atoms with Crippen LogP contribution in [0.25, 0.3) is 0 Å². The number of rotatable bonds is 4. The van der Waals surface area contributed by atoms with Gasteiger partial charge in [-0.05, 0) is 24.6 Å². The highest BCUT2D eigenvalue weighted by Gasteiger charge is 2.07. The van der Waals surface area contributed by atoms with Crippen LogP contribution < -0.4 is 11.1 Å². The topological polar surface area (TPSA) is 80.9 Å². The van der Waals surface area contributed by atoms with Gasteiger partial charge in [0, 0.05) is 10.7 Å². The number of benzene rings is 1. The summed E-state index contributed by atoms with van der Waals surface area (Å²) >= 11 is 8.54. The molecule has 19 heavy (non-hydrogen) atoms. The number of carbonyl (C=O) groups excluding carboxylic acids is 1. The second kappa shape index (κ2) is 6.23. The predicted molar refractivity (Wildman–Crippen MR) is 79.9 cm³/mol. The minimum atomic E-state index is -0.126. The molecule has 1 amide bonds. The Hall–Kier alpha value is -1.31. The Morgan fingerprint density at radius 1 is 1.53 bits per heavy atom. The summed E-state index contributed by atoms with van der Waals surface area (Å²) in [6.45, 7) is 1.91. The standard InChI is InChI=1S/C11H11ClN4OS2/c1-6-2-3-7(4-8(6)12)14-9(17)5-18-11-16-15-10(13)19-11/h2-4H,5H2,1H3,(H2,13,15)(H,14,17). The molecule has 0 atom stereocenters. The van der Waals surface area contributed by atoms with Crippen LogP contribution in [0.1, 0.15) is 5.56 Å². The molecular weight excluding hydrogens is 304 g/mol. The summed E-state index contributed by atoms with van der Waals surface area (Å²) in [6, 6.07) is 5.39. The van der Waals surface area contributed by atoms with Crippen molar-refractivity contribution in [2.24, 2.45) is 0 Å². The number of nitrogens with one attached hydrogen (secondary N) is 1. The number of nitrogen functional groups attached to an aromatic ring is 1. The summed E-state index contributed by atoms with van der Waals surface area (Å²) in [4.78, 5) is 11.7. The van der Waals surface area contributed by atoms with Gasteiger partial charge in [0.25, 0.3) is 0 Å². The maximum absolute atomic E-state index is 11.7. The van der Waals surface area contributed by atoms with Crippen LogP contribution in [0.4, 0.5) is 10.8 Å². The van der Waals surface area contributed by atoms with E-state index in [0.717, 1.165) is 5.56 Å². The van der Waals surface area contributed by atoms with Crippen LogP contribution >= 0.6 is 34.7 Å². The lowest BCUT2D eigenvalue weighted by Crippen LogP contribution is -2.13. The second-order valence-electron chi connectivity index (χ2n) is 3.71. The first kappa shape index (κ1) is 14.1. The first-order chi connectivity index (χ1) is 9.04.